The fourth-order valence-corrected chi connectivity index (χ4v) is 3.85. The minimum atomic E-state index is 1.25. The van der Waals surface area contributed by atoms with Crippen LogP contribution in [0.5, 0.6) is 0 Å². The van der Waals surface area contributed by atoms with Gasteiger partial charge >= 0.3 is 0 Å². The van der Waals surface area contributed by atoms with E-state index in [-0.39, 0.29) is 0 Å². The van der Waals surface area contributed by atoms with Gasteiger partial charge in [0.25, 0.3) is 0 Å². The van der Waals surface area contributed by atoms with Crippen molar-refractivity contribution in [1.82, 2.24) is 14.7 Å². The summed E-state index contributed by atoms with van der Waals surface area (Å²) in [4.78, 5) is 7.15. The highest BCUT2D eigenvalue weighted by atomic mass is 15.1. The first-order valence-corrected chi connectivity index (χ1v) is 12.5. The van der Waals surface area contributed by atoms with Crippen LogP contribution in [0.4, 0.5) is 0 Å². The van der Waals surface area contributed by atoms with E-state index >= 15 is 0 Å². The molecule has 0 heterocycles. The van der Waals surface area contributed by atoms with Crippen LogP contribution in [0, 0.1) is 0 Å². The fraction of sp³-hybridized carbons (Fsp3) is 1.00. The van der Waals surface area contributed by atoms with E-state index in [1.807, 2.05) is 0 Å². The van der Waals surface area contributed by atoms with E-state index in [1.165, 1.54) is 129 Å². The molecule has 28 heavy (non-hydrogen) atoms. The number of hydrogen-bond donors (Lipinski definition) is 0. The molecule has 0 bridgehead atoms. The molecule has 0 aliphatic heterocycles. The van der Waals surface area contributed by atoms with E-state index in [2.05, 4.69) is 49.9 Å². The lowest BCUT2D eigenvalue weighted by molar-refractivity contribution is 0.314. The Kier molecular flexibility index (Phi) is 21.5. The summed E-state index contributed by atoms with van der Waals surface area (Å²) in [5.74, 6) is 0. The normalized spacial score (nSPS) is 12.0. The van der Waals surface area contributed by atoms with Crippen LogP contribution < -0.4 is 0 Å². The number of unbranched alkanes of at least 4 members (excludes halogenated alkanes) is 14. The van der Waals surface area contributed by atoms with Crippen molar-refractivity contribution in [3.05, 3.63) is 0 Å². The van der Waals surface area contributed by atoms with E-state index in [4.69, 9.17) is 0 Å². The van der Waals surface area contributed by atoms with Crippen LogP contribution in [0.3, 0.4) is 0 Å². The summed E-state index contributed by atoms with van der Waals surface area (Å²) in [5, 5.41) is 0. The van der Waals surface area contributed by atoms with Crippen molar-refractivity contribution < 1.29 is 0 Å². The maximum absolute atomic E-state index is 2.56. The van der Waals surface area contributed by atoms with Gasteiger partial charge in [-0.15, -0.1) is 0 Å². The number of rotatable bonds is 22. The van der Waals surface area contributed by atoms with Crippen LogP contribution in [-0.2, 0) is 0 Å². The third-order valence-corrected chi connectivity index (χ3v) is 5.79. The summed E-state index contributed by atoms with van der Waals surface area (Å²) in [5.41, 5.74) is 0. The molecule has 0 saturated carbocycles. The monoisotopic (exact) mass is 397 g/mol. The third-order valence-electron chi connectivity index (χ3n) is 5.79. The molecule has 0 aromatic heterocycles. The summed E-state index contributed by atoms with van der Waals surface area (Å²) >= 11 is 0. The van der Waals surface area contributed by atoms with Crippen molar-refractivity contribution in [2.24, 2.45) is 0 Å². The highest BCUT2D eigenvalue weighted by molar-refractivity contribution is 4.55. The third kappa shape index (κ3) is 23.9. The Labute approximate surface area is 179 Å². The maximum Gasteiger partial charge on any atom is -0.00218 e. The van der Waals surface area contributed by atoms with Crippen molar-refractivity contribution in [2.75, 3.05) is 61.4 Å². The molecule has 0 atom stereocenters. The molecule has 0 saturated heterocycles. The van der Waals surface area contributed by atoms with Crippen LogP contribution in [0.25, 0.3) is 0 Å². The van der Waals surface area contributed by atoms with Crippen LogP contribution >= 0.6 is 0 Å². The van der Waals surface area contributed by atoms with Gasteiger partial charge in [-0.05, 0) is 87.1 Å². The molecule has 3 nitrogen and oxygen atoms in total. The summed E-state index contributed by atoms with van der Waals surface area (Å²) in [7, 11) is 11.0. The van der Waals surface area contributed by atoms with Crippen LogP contribution in [0.2, 0.25) is 0 Å². The van der Waals surface area contributed by atoms with Gasteiger partial charge in [-0.25, -0.2) is 0 Å². The molecule has 0 aromatic carbocycles. The van der Waals surface area contributed by atoms with Gasteiger partial charge < -0.3 is 14.7 Å². The predicted molar refractivity (Wildman–Crippen MR) is 128 cm³/mol. The van der Waals surface area contributed by atoms with Gasteiger partial charge in [0.15, 0.2) is 0 Å². The Balaban J connectivity index is 3.16. The Morgan fingerprint density at radius 1 is 0.286 bits per heavy atom. The standard InChI is InChI=1S/C25H55N3/c1-26(2)22-18-14-10-6-8-12-16-20-24-28(5)25-21-17-13-9-7-11-15-19-23-27(3)4/h6-25H2,1-5H3. The van der Waals surface area contributed by atoms with Gasteiger partial charge in [0.1, 0.15) is 0 Å². The molecule has 3 heteroatoms. The molecular weight excluding hydrogens is 342 g/mol. The van der Waals surface area contributed by atoms with Crippen molar-refractivity contribution in [3.8, 4) is 0 Å². The lowest BCUT2D eigenvalue weighted by atomic mass is 10.1. The molecule has 0 rings (SSSR count). The lowest BCUT2D eigenvalue weighted by Crippen LogP contribution is -2.20. The molecule has 170 valence electrons. The number of nitrogens with zero attached hydrogens (tertiary/aromatic N) is 3. The van der Waals surface area contributed by atoms with Gasteiger partial charge in [-0.3, -0.25) is 0 Å². The average Bonchev–Trinajstić information content (AvgIpc) is 2.64. The number of hydrogen-bond acceptors (Lipinski definition) is 3. The van der Waals surface area contributed by atoms with Gasteiger partial charge in [-0.1, -0.05) is 77.0 Å². The molecule has 0 spiro atoms. The lowest BCUT2D eigenvalue weighted by Gasteiger charge is -2.16. The Morgan fingerprint density at radius 3 is 0.750 bits per heavy atom. The molecule has 0 unspecified atom stereocenters. The zero-order valence-corrected chi connectivity index (χ0v) is 20.5. The van der Waals surface area contributed by atoms with E-state index in [9.17, 15) is 0 Å². The zero-order valence-electron chi connectivity index (χ0n) is 20.5. The minimum absolute atomic E-state index is 1.25. The first-order valence-electron chi connectivity index (χ1n) is 12.5. The second-order valence-corrected chi connectivity index (χ2v) is 9.57. The first-order chi connectivity index (χ1) is 13.5. The largest absolute Gasteiger partial charge is 0.309 e. The summed E-state index contributed by atoms with van der Waals surface area (Å²) < 4.78 is 0. The van der Waals surface area contributed by atoms with E-state index < -0.39 is 0 Å². The second kappa shape index (κ2) is 21.6. The molecule has 0 aromatic rings. The summed E-state index contributed by atoms with van der Waals surface area (Å²) in [6, 6.07) is 0. The highest BCUT2D eigenvalue weighted by Crippen LogP contribution is 2.11. The second-order valence-electron chi connectivity index (χ2n) is 9.57. The van der Waals surface area contributed by atoms with Crippen molar-refractivity contribution in [1.29, 1.82) is 0 Å². The Hall–Kier alpha value is -0.120. The molecule has 0 amide bonds. The quantitative estimate of drug-likeness (QED) is 0.199. The van der Waals surface area contributed by atoms with E-state index in [0.29, 0.717) is 0 Å². The maximum atomic E-state index is 2.56. The van der Waals surface area contributed by atoms with Gasteiger partial charge in [0, 0.05) is 0 Å². The first kappa shape index (κ1) is 27.9. The topological polar surface area (TPSA) is 9.72 Å². The van der Waals surface area contributed by atoms with E-state index in [0.717, 1.165) is 0 Å². The molecule has 0 aliphatic rings. The van der Waals surface area contributed by atoms with Gasteiger partial charge in [0.05, 0.1) is 0 Å². The van der Waals surface area contributed by atoms with Gasteiger partial charge in [-0.2, -0.15) is 0 Å². The van der Waals surface area contributed by atoms with Crippen LogP contribution in [0.1, 0.15) is 103 Å². The molecular formula is C25H55N3. The molecule has 0 radical (unpaired) electrons. The van der Waals surface area contributed by atoms with Crippen LogP contribution in [-0.4, -0.2) is 76.1 Å². The van der Waals surface area contributed by atoms with E-state index in [1.54, 1.807) is 0 Å². The minimum Gasteiger partial charge on any atom is -0.309 e. The molecule has 0 aliphatic carbocycles. The SMILES string of the molecule is CN(C)CCCCCCCCCCN(C)CCCCCCCCCCN(C)C. The molecule has 0 N–H and O–H groups in total. The van der Waals surface area contributed by atoms with Crippen LogP contribution in [0.15, 0.2) is 0 Å². The fourth-order valence-electron chi connectivity index (χ4n) is 3.85. The van der Waals surface area contributed by atoms with Crippen molar-refractivity contribution >= 4 is 0 Å². The zero-order chi connectivity index (χ0) is 20.9. The Morgan fingerprint density at radius 2 is 0.500 bits per heavy atom. The summed E-state index contributed by atoms with van der Waals surface area (Å²) in [6.45, 7) is 5.11. The molecule has 0 fully saturated rings. The Bertz CT molecular complexity index is 264. The van der Waals surface area contributed by atoms with Crippen molar-refractivity contribution in [3.63, 3.8) is 0 Å². The average molecular weight is 398 g/mol. The summed E-state index contributed by atoms with van der Waals surface area (Å²) in [6.07, 6.45) is 22.7. The van der Waals surface area contributed by atoms with Crippen molar-refractivity contribution in [2.45, 2.75) is 103 Å². The predicted octanol–water partition coefficient (Wildman–Crippen LogP) is 6.28. The van der Waals surface area contributed by atoms with Gasteiger partial charge in [0.2, 0.25) is 0 Å². The smallest absolute Gasteiger partial charge is 0.00218 e. The highest BCUT2D eigenvalue weighted by Gasteiger charge is 1.99.